The zero-order valence-corrected chi connectivity index (χ0v) is 12.6. The number of benzene rings is 1. The minimum Gasteiger partial charge on any atom is -0.497 e. The lowest BCUT2D eigenvalue weighted by Crippen LogP contribution is -2.34. The van der Waals surface area contributed by atoms with E-state index in [-0.39, 0.29) is 6.10 Å². The minimum absolute atomic E-state index is 0.0528. The molecule has 1 fully saturated rings. The summed E-state index contributed by atoms with van der Waals surface area (Å²) in [6.45, 7) is 3.31. The van der Waals surface area contributed by atoms with E-state index >= 15 is 0 Å². The van der Waals surface area contributed by atoms with Gasteiger partial charge in [0.15, 0.2) is 0 Å². The third kappa shape index (κ3) is 4.80. The number of methoxy groups -OCH3 is 1. The Bertz CT molecular complexity index is 382. The summed E-state index contributed by atoms with van der Waals surface area (Å²) in [7, 11) is 1.69. The van der Waals surface area contributed by atoms with Crippen LogP contribution in [0.25, 0.3) is 0 Å². The van der Waals surface area contributed by atoms with Crippen LogP contribution in [0.1, 0.15) is 38.2 Å². The predicted molar refractivity (Wildman–Crippen MR) is 82.1 cm³/mol. The van der Waals surface area contributed by atoms with E-state index in [9.17, 15) is 5.11 Å². The van der Waals surface area contributed by atoms with Crippen molar-refractivity contribution in [1.29, 1.82) is 0 Å². The Hall–Kier alpha value is -1.06. The van der Waals surface area contributed by atoms with Gasteiger partial charge in [-0.3, -0.25) is 0 Å². The van der Waals surface area contributed by atoms with Crippen LogP contribution in [0, 0.1) is 5.92 Å². The van der Waals surface area contributed by atoms with E-state index in [4.69, 9.17) is 4.74 Å². The summed E-state index contributed by atoms with van der Waals surface area (Å²) in [6, 6.07) is 8.78. The van der Waals surface area contributed by atoms with Gasteiger partial charge in [0.2, 0.25) is 0 Å². The normalized spacial score (nSPS) is 24.4. The molecule has 1 unspecified atom stereocenters. The van der Waals surface area contributed by atoms with E-state index in [1.54, 1.807) is 7.11 Å². The van der Waals surface area contributed by atoms with Crippen molar-refractivity contribution in [3.05, 3.63) is 29.8 Å². The highest BCUT2D eigenvalue weighted by Crippen LogP contribution is 2.23. The second-order valence-corrected chi connectivity index (χ2v) is 6.04. The molecule has 1 saturated carbocycles. The van der Waals surface area contributed by atoms with Gasteiger partial charge in [-0.1, -0.05) is 12.1 Å². The first-order chi connectivity index (χ1) is 9.67. The standard InChI is InChI=1S/C17H27NO2/c1-13(11-14-5-9-17(20-2)10-6-14)18-12-15-3-7-16(19)8-4-15/h5-6,9-10,13,15-16,18-19H,3-4,7-8,11-12H2,1-2H3. The van der Waals surface area contributed by atoms with E-state index in [0.29, 0.717) is 6.04 Å². The Labute approximate surface area is 122 Å². The van der Waals surface area contributed by atoms with Gasteiger partial charge in [-0.25, -0.2) is 0 Å². The molecule has 1 aliphatic rings. The zero-order valence-electron chi connectivity index (χ0n) is 12.6. The molecule has 2 N–H and O–H groups in total. The van der Waals surface area contributed by atoms with E-state index < -0.39 is 0 Å². The smallest absolute Gasteiger partial charge is 0.118 e. The van der Waals surface area contributed by atoms with Crippen LogP contribution in [-0.4, -0.2) is 30.9 Å². The van der Waals surface area contributed by atoms with Gasteiger partial charge in [0.05, 0.1) is 13.2 Å². The van der Waals surface area contributed by atoms with Crippen LogP contribution in [-0.2, 0) is 6.42 Å². The van der Waals surface area contributed by atoms with E-state index in [1.165, 1.54) is 5.56 Å². The van der Waals surface area contributed by atoms with Crippen molar-refractivity contribution >= 4 is 0 Å². The predicted octanol–water partition coefficient (Wildman–Crippen LogP) is 2.77. The van der Waals surface area contributed by atoms with Gasteiger partial charge in [-0.15, -0.1) is 0 Å². The fourth-order valence-electron chi connectivity index (χ4n) is 2.90. The Kier molecular flexibility index (Phi) is 5.86. The topological polar surface area (TPSA) is 41.5 Å². The number of aliphatic hydroxyl groups excluding tert-OH is 1. The lowest BCUT2D eigenvalue weighted by Gasteiger charge is -2.27. The molecule has 0 aliphatic heterocycles. The van der Waals surface area contributed by atoms with Gasteiger partial charge in [0.1, 0.15) is 5.75 Å². The number of nitrogens with one attached hydrogen (secondary N) is 1. The SMILES string of the molecule is COc1ccc(CC(C)NCC2CCC(O)CC2)cc1. The van der Waals surface area contributed by atoms with Crippen molar-refractivity contribution in [2.75, 3.05) is 13.7 Å². The fraction of sp³-hybridized carbons (Fsp3) is 0.647. The number of hydrogen-bond acceptors (Lipinski definition) is 3. The highest BCUT2D eigenvalue weighted by molar-refractivity contribution is 5.27. The van der Waals surface area contributed by atoms with Crippen molar-refractivity contribution in [3.63, 3.8) is 0 Å². The summed E-state index contributed by atoms with van der Waals surface area (Å²) in [5, 5.41) is 13.1. The number of aliphatic hydroxyl groups is 1. The Balaban J connectivity index is 1.70. The van der Waals surface area contributed by atoms with Crippen molar-refractivity contribution in [3.8, 4) is 5.75 Å². The molecule has 3 nitrogen and oxygen atoms in total. The van der Waals surface area contributed by atoms with Crippen LogP contribution >= 0.6 is 0 Å². The molecule has 0 bridgehead atoms. The highest BCUT2D eigenvalue weighted by Gasteiger charge is 2.19. The van der Waals surface area contributed by atoms with Crippen molar-refractivity contribution in [2.24, 2.45) is 5.92 Å². The molecule has 3 heteroatoms. The van der Waals surface area contributed by atoms with Crippen molar-refractivity contribution in [2.45, 2.75) is 51.2 Å². The monoisotopic (exact) mass is 277 g/mol. The molecule has 0 aromatic heterocycles. The molecule has 1 atom stereocenters. The summed E-state index contributed by atoms with van der Waals surface area (Å²) in [5.74, 6) is 1.65. The molecule has 0 amide bonds. The Morgan fingerprint density at radius 1 is 1.20 bits per heavy atom. The maximum absolute atomic E-state index is 9.51. The zero-order chi connectivity index (χ0) is 14.4. The highest BCUT2D eigenvalue weighted by atomic mass is 16.5. The molecule has 0 radical (unpaired) electrons. The van der Waals surface area contributed by atoms with Crippen LogP contribution in [0.15, 0.2) is 24.3 Å². The first kappa shape index (κ1) is 15.3. The lowest BCUT2D eigenvalue weighted by atomic mass is 9.87. The van der Waals surface area contributed by atoms with Crippen LogP contribution in [0.2, 0.25) is 0 Å². The largest absolute Gasteiger partial charge is 0.497 e. The van der Waals surface area contributed by atoms with Gasteiger partial charge in [-0.05, 0) is 69.2 Å². The molecule has 2 rings (SSSR count). The third-order valence-electron chi connectivity index (χ3n) is 4.27. The average molecular weight is 277 g/mol. The summed E-state index contributed by atoms with van der Waals surface area (Å²) in [4.78, 5) is 0. The minimum atomic E-state index is -0.0528. The van der Waals surface area contributed by atoms with Crippen molar-refractivity contribution in [1.82, 2.24) is 5.32 Å². The maximum Gasteiger partial charge on any atom is 0.118 e. The molecular formula is C17H27NO2. The molecule has 0 spiro atoms. The second kappa shape index (κ2) is 7.65. The van der Waals surface area contributed by atoms with Gasteiger partial charge in [0, 0.05) is 6.04 Å². The third-order valence-corrected chi connectivity index (χ3v) is 4.27. The van der Waals surface area contributed by atoms with E-state index in [0.717, 1.165) is 50.3 Å². The van der Waals surface area contributed by atoms with E-state index in [2.05, 4.69) is 24.4 Å². The Morgan fingerprint density at radius 2 is 1.85 bits per heavy atom. The number of ether oxygens (including phenoxy) is 1. The van der Waals surface area contributed by atoms with Gasteiger partial charge < -0.3 is 15.2 Å². The molecule has 1 aromatic rings. The number of rotatable bonds is 6. The fourth-order valence-corrected chi connectivity index (χ4v) is 2.90. The number of hydrogen-bond donors (Lipinski definition) is 2. The first-order valence-electron chi connectivity index (χ1n) is 7.71. The van der Waals surface area contributed by atoms with Gasteiger partial charge in [0.25, 0.3) is 0 Å². The van der Waals surface area contributed by atoms with Gasteiger partial charge >= 0.3 is 0 Å². The van der Waals surface area contributed by atoms with Crippen LogP contribution in [0.4, 0.5) is 0 Å². The average Bonchev–Trinajstić information content (AvgIpc) is 2.47. The summed E-state index contributed by atoms with van der Waals surface area (Å²) in [5.41, 5.74) is 1.34. The summed E-state index contributed by atoms with van der Waals surface area (Å²) >= 11 is 0. The summed E-state index contributed by atoms with van der Waals surface area (Å²) in [6.07, 6.45) is 5.24. The molecule has 1 aliphatic carbocycles. The maximum atomic E-state index is 9.51. The molecule has 112 valence electrons. The van der Waals surface area contributed by atoms with Gasteiger partial charge in [-0.2, -0.15) is 0 Å². The van der Waals surface area contributed by atoms with Crippen LogP contribution < -0.4 is 10.1 Å². The van der Waals surface area contributed by atoms with E-state index in [1.807, 2.05) is 12.1 Å². The molecule has 0 heterocycles. The Morgan fingerprint density at radius 3 is 2.45 bits per heavy atom. The second-order valence-electron chi connectivity index (χ2n) is 6.04. The summed E-state index contributed by atoms with van der Waals surface area (Å²) < 4.78 is 5.17. The quantitative estimate of drug-likeness (QED) is 0.840. The lowest BCUT2D eigenvalue weighted by molar-refractivity contribution is 0.108. The van der Waals surface area contributed by atoms with Crippen molar-refractivity contribution < 1.29 is 9.84 Å². The molecule has 0 saturated heterocycles. The first-order valence-corrected chi connectivity index (χ1v) is 7.71. The van der Waals surface area contributed by atoms with Crippen LogP contribution in [0.3, 0.4) is 0 Å². The molecule has 1 aromatic carbocycles. The van der Waals surface area contributed by atoms with Crippen LogP contribution in [0.5, 0.6) is 5.75 Å². The molecular weight excluding hydrogens is 250 g/mol. The molecule has 20 heavy (non-hydrogen) atoms.